The molecule has 1 saturated heterocycles. The van der Waals surface area contributed by atoms with Crippen molar-refractivity contribution in [1.82, 2.24) is 4.57 Å². The van der Waals surface area contributed by atoms with Crippen LogP contribution >= 0.6 is 0 Å². The molecule has 0 amide bonds. The van der Waals surface area contributed by atoms with Crippen LogP contribution in [0.2, 0.25) is 0 Å². The summed E-state index contributed by atoms with van der Waals surface area (Å²) in [4.78, 5) is 14.4. The van der Waals surface area contributed by atoms with Gasteiger partial charge in [-0.15, -0.1) is 0 Å². The molecule has 26 heavy (non-hydrogen) atoms. The van der Waals surface area contributed by atoms with Gasteiger partial charge in [0.2, 0.25) is 0 Å². The molecule has 0 saturated carbocycles. The third-order valence-electron chi connectivity index (χ3n) is 5.24. The Hall–Kier alpha value is -2.52. The molecular formula is C23H20NOS+. The number of pyridine rings is 1. The van der Waals surface area contributed by atoms with Crippen molar-refractivity contribution in [2.45, 2.75) is 17.7 Å². The van der Waals surface area contributed by atoms with Gasteiger partial charge in [-0.3, -0.25) is 4.79 Å². The highest BCUT2D eigenvalue weighted by Crippen LogP contribution is 2.27. The van der Waals surface area contributed by atoms with E-state index in [2.05, 4.69) is 28.8 Å². The van der Waals surface area contributed by atoms with Gasteiger partial charge in [-0.1, -0.05) is 24.3 Å². The molecule has 3 aromatic carbocycles. The highest BCUT2D eigenvalue weighted by Gasteiger charge is 2.26. The van der Waals surface area contributed by atoms with Crippen LogP contribution in [0.1, 0.15) is 12.8 Å². The van der Waals surface area contributed by atoms with E-state index < -0.39 is 0 Å². The van der Waals surface area contributed by atoms with Crippen LogP contribution in [0.4, 0.5) is 0 Å². The second-order valence-electron chi connectivity index (χ2n) is 6.80. The predicted octanol–water partition coefficient (Wildman–Crippen LogP) is 4.91. The van der Waals surface area contributed by atoms with Crippen LogP contribution in [-0.2, 0) is 10.9 Å². The summed E-state index contributed by atoms with van der Waals surface area (Å²) in [7, 11) is 0.427. The predicted molar refractivity (Wildman–Crippen MR) is 112 cm³/mol. The average Bonchev–Trinajstić information content (AvgIpc) is 3.24. The lowest BCUT2D eigenvalue weighted by Crippen LogP contribution is -2.10. The highest BCUT2D eigenvalue weighted by atomic mass is 32.2. The second-order valence-corrected chi connectivity index (χ2v) is 9.07. The van der Waals surface area contributed by atoms with E-state index in [-0.39, 0.29) is 5.43 Å². The standard InChI is InChI=1S/C23H20NOS/c25-23-19-7-1-3-9-21(19)24(22-10-4-2-8-20(22)23)17-11-13-18(14-12-17)26-15-5-6-16-26/h1-4,7-14H,5-6,15-16H2/q+1. The van der Waals surface area contributed by atoms with Crippen molar-refractivity contribution < 1.29 is 0 Å². The Kier molecular flexibility index (Phi) is 3.83. The summed E-state index contributed by atoms with van der Waals surface area (Å²) in [6.07, 6.45) is 2.72. The normalized spacial score (nSPS) is 15.1. The quantitative estimate of drug-likeness (QED) is 0.368. The molecule has 128 valence electrons. The van der Waals surface area contributed by atoms with Crippen LogP contribution in [-0.4, -0.2) is 16.1 Å². The molecule has 0 N–H and O–H groups in total. The van der Waals surface area contributed by atoms with Crippen LogP contribution in [0.3, 0.4) is 0 Å². The van der Waals surface area contributed by atoms with Crippen molar-refractivity contribution in [2.75, 3.05) is 11.5 Å². The molecule has 0 unspecified atom stereocenters. The number of nitrogens with zero attached hydrogens (tertiary/aromatic N) is 1. The molecule has 1 aromatic heterocycles. The zero-order valence-corrected chi connectivity index (χ0v) is 15.3. The van der Waals surface area contributed by atoms with Gasteiger partial charge in [0.05, 0.1) is 11.0 Å². The zero-order chi connectivity index (χ0) is 17.5. The Labute approximate surface area is 155 Å². The van der Waals surface area contributed by atoms with Gasteiger partial charge in [0.1, 0.15) is 11.5 Å². The first-order valence-electron chi connectivity index (χ1n) is 9.13. The molecule has 1 aliphatic heterocycles. The molecule has 2 nitrogen and oxygen atoms in total. The van der Waals surface area contributed by atoms with E-state index in [1.54, 1.807) is 0 Å². The van der Waals surface area contributed by atoms with Crippen LogP contribution in [0.25, 0.3) is 27.5 Å². The minimum absolute atomic E-state index is 0.108. The summed E-state index contributed by atoms with van der Waals surface area (Å²) in [5.74, 6) is 2.67. The minimum atomic E-state index is 0.108. The van der Waals surface area contributed by atoms with Gasteiger partial charge in [0.15, 0.2) is 10.3 Å². The number of hydrogen-bond acceptors (Lipinski definition) is 1. The zero-order valence-electron chi connectivity index (χ0n) is 14.5. The summed E-state index contributed by atoms with van der Waals surface area (Å²) >= 11 is 0. The first kappa shape index (κ1) is 15.7. The third-order valence-corrected chi connectivity index (χ3v) is 7.74. The van der Waals surface area contributed by atoms with Crippen molar-refractivity contribution >= 4 is 32.7 Å². The van der Waals surface area contributed by atoms with Crippen LogP contribution in [0.5, 0.6) is 0 Å². The fourth-order valence-electron chi connectivity index (χ4n) is 3.95. The minimum Gasteiger partial charge on any atom is -0.309 e. The topological polar surface area (TPSA) is 22.0 Å². The van der Waals surface area contributed by atoms with E-state index in [1.165, 1.54) is 29.2 Å². The molecule has 0 bridgehead atoms. The average molecular weight is 358 g/mol. The van der Waals surface area contributed by atoms with Crippen LogP contribution in [0.15, 0.2) is 82.5 Å². The summed E-state index contributed by atoms with van der Waals surface area (Å²) in [6.45, 7) is 0. The van der Waals surface area contributed by atoms with Gasteiger partial charge in [-0.25, -0.2) is 0 Å². The lowest BCUT2D eigenvalue weighted by molar-refractivity contribution is 0.949. The van der Waals surface area contributed by atoms with Crippen molar-refractivity contribution in [2.24, 2.45) is 0 Å². The van der Waals surface area contributed by atoms with Crippen molar-refractivity contribution in [3.63, 3.8) is 0 Å². The van der Waals surface area contributed by atoms with Crippen molar-refractivity contribution in [3.8, 4) is 5.69 Å². The van der Waals surface area contributed by atoms with Gasteiger partial charge in [-0.05, 0) is 61.4 Å². The number of benzene rings is 3. The second kappa shape index (κ2) is 6.33. The third kappa shape index (κ3) is 2.46. The summed E-state index contributed by atoms with van der Waals surface area (Å²) in [5.41, 5.74) is 3.15. The van der Waals surface area contributed by atoms with E-state index >= 15 is 0 Å². The summed E-state index contributed by atoms with van der Waals surface area (Å²) < 4.78 is 2.22. The number of para-hydroxylation sites is 2. The van der Waals surface area contributed by atoms with Gasteiger partial charge in [0.25, 0.3) is 0 Å². The fourth-order valence-corrected chi connectivity index (χ4v) is 6.25. The van der Waals surface area contributed by atoms with Gasteiger partial charge in [0, 0.05) is 27.4 Å². The monoisotopic (exact) mass is 358 g/mol. The largest absolute Gasteiger partial charge is 0.309 e. The molecule has 0 radical (unpaired) electrons. The van der Waals surface area contributed by atoms with Crippen LogP contribution in [0, 0.1) is 0 Å². The summed E-state index contributed by atoms with van der Waals surface area (Å²) in [5, 5.41) is 1.54. The van der Waals surface area contributed by atoms with Gasteiger partial charge < -0.3 is 4.57 Å². The van der Waals surface area contributed by atoms with E-state index in [0.29, 0.717) is 10.9 Å². The maximum Gasteiger partial charge on any atom is 0.197 e. The number of fused-ring (bicyclic) bond motifs is 2. The van der Waals surface area contributed by atoms with Crippen molar-refractivity contribution in [3.05, 3.63) is 83.0 Å². The molecule has 5 rings (SSSR count). The van der Waals surface area contributed by atoms with E-state index in [9.17, 15) is 4.79 Å². The molecule has 0 aliphatic carbocycles. The molecular weight excluding hydrogens is 338 g/mol. The Morgan fingerprint density at radius 2 is 1.23 bits per heavy atom. The molecule has 4 aromatic rings. The van der Waals surface area contributed by atoms with Crippen molar-refractivity contribution in [1.29, 1.82) is 0 Å². The molecule has 3 heteroatoms. The molecule has 1 aliphatic rings. The van der Waals surface area contributed by atoms with E-state index in [1.807, 2.05) is 48.5 Å². The Balaban J connectivity index is 1.77. The summed E-state index contributed by atoms with van der Waals surface area (Å²) in [6, 6.07) is 24.8. The van der Waals surface area contributed by atoms with Gasteiger partial charge in [-0.2, -0.15) is 0 Å². The Morgan fingerprint density at radius 1 is 0.692 bits per heavy atom. The van der Waals surface area contributed by atoms with Gasteiger partial charge >= 0.3 is 0 Å². The maximum absolute atomic E-state index is 12.9. The van der Waals surface area contributed by atoms with Crippen LogP contribution < -0.4 is 5.43 Å². The lowest BCUT2D eigenvalue weighted by Gasteiger charge is -2.15. The van der Waals surface area contributed by atoms with E-state index in [4.69, 9.17) is 0 Å². The number of rotatable bonds is 2. The van der Waals surface area contributed by atoms with E-state index in [0.717, 1.165) is 27.5 Å². The first-order valence-corrected chi connectivity index (χ1v) is 10.7. The molecule has 0 spiro atoms. The molecule has 1 fully saturated rings. The molecule has 0 atom stereocenters. The smallest absolute Gasteiger partial charge is 0.197 e. The Bertz CT molecular complexity index is 1090. The number of hydrogen-bond donors (Lipinski definition) is 0. The SMILES string of the molecule is O=c1c2ccccc2n(-c2ccc([S+]3CCCC3)cc2)c2ccccc12. The number of aromatic nitrogens is 1. The highest BCUT2D eigenvalue weighted by molar-refractivity contribution is 7.97. The fraction of sp³-hybridized carbons (Fsp3) is 0.174. The maximum atomic E-state index is 12.9. The molecule has 2 heterocycles. The Morgan fingerprint density at radius 3 is 1.81 bits per heavy atom. The lowest BCUT2D eigenvalue weighted by atomic mass is 10.1. The first-order chi connectivity index (χ1) is 12.8.